The quantitative estimate of drug-likeness (QED) is 0.894. The zero-order chi connectivity index (χ0) is 14.7. The SMILES string of the molecule is CCc1nc(NC(=O)c2cc(Br)ccc2O)oc1CC. The predicted molar refractivity (Wildman–Crippen MR) is 79.0 cm³/mol. The normalized spacial score (nSPS) is 10.6. The molecular weight excluding hydrogens is 324 g/mol. The lowest BCUT2D eigenvalue weighted by atomic mass is 10.2. The van der Waals surface area contributed by atoms with Gasteiger partial charge < -0.3 is 9.52 Å². The smallest absolute Gasteiger partial charge is 0.302 e. The van der Waals surface area contributed by atoms with E-state index in [1.807, 2.05) is 13.8 Å². The van der Waals surface area contributed by atoms with Crippen LogP contribution < -0.4 is 5.32 Å². The molecule has 5 nitrogen and oxygen atoms in total. The van der Waals surface area contributed by atoms with Gasteiger partial charge in [-0.3, -0.25) is 10.1 Å². The second-order valence-corrected chi connectivity index (χ2v) is 5.13. The number of aromatic nitrogens is 1. The molecular formula is C14H15BrN2O3. The molecule has 0 saturated carbocycles. The van der Waals surface area contributed by atoms with Gasteiger partial charge in [-0.2, -0.15) is 4.98 Å². The lowest BCUT2D eigenvalue weighted by molar-refractivity contribution is 0.102. The molecule has 20 heavy (non-hydrogen) atoms. The topological polar surface area (TPSA) is 75.4 Å². The Morgan fingerprint density at radius 1 is 1.40 bits per heavy atom. The molecule has 0 saturated heterocycles. The highest BCUT2D eigenvalue weighted by Gasteiger charge is 2.16. The molecule has 1 heterocycles. The fourth-order valence-electron chi connectivity index (χ4n) is 1.84. The Hall–Kier alpha value is -1.82. The number of phenolic OH excluding ortho intramolecular Hbond substituents is 1. The number of benzene rings is 1. The van der Waals surface area contributed by atoms with Gasteiger partial charge in [0.1, 0.15) is 11.5 Å². The summed E-state index contributed by atoms with van der Waals surface area (Å²) in [6.45, 7) is 3.94. The van der Waals surface area contributed by atoms with Crippen molar-refractivity contribution in [3.05, 3.63) is 39.7 Å². The number of oxazole rings is 1. The third-order valence-electron chi connectivity index (χ3n) is 2.86. The number of carbonyl (C=O) groups is 1. The first-order chi connectivity index (χ1) is 9.55. The maximum atomic E-state index is 12.1. The minimum atomic E-state index is -0.463. The van der Waals surface area contributed by atoms with E-state index in [1.165, 1.54) is 12.1 Å². The van der Waals surface area contributed by atoms with Crippen LogP contribution in [0.2, 0.25) is 0 Å². The van der Waals surface area contributed by atoms with E-state index in [-0.39, 0.29) is 17.3 Å². The molecule has 6 heteroatoms. The molecule has 0 radical (unpaired) electrons. The average molecular weight is 339 g/mol. The molecule has 1 amide bonds. The molecule has 106 valence electrons. The maximum Gasteiger partial charge on any atom is 0.302 e. The molecule has 0 unspecified atom stereocenters. The van der Waals surface area contributed by atoms with Crippen LogP contribution in [0.1, 0.15) is 35.7 Å². The number of phenols is 1. The van der Waals surface area contributed by atoms with Crippen molar-refractivity contribution in [2.75, 3.05) is 5.32 Å². The van der Waals surface area contributed by atoms with Crippen LogP contribution in [-0.4, -0.2) is 16.0 Å². The van der Waals surface area contributed by atoms with Crippen LogP contribution >= 0.6 is 15.9 Å². The van der Waals surface area contributed by atoms with Crippen molar-refractivity contribution in [1.82, 2.24) is 4.98 Å². The lowest BCUT2D eigenvalue weighted by Crippen LogP contribution is -2.12. The van der Waals surface area contributed by atoms with Gasteiger partial charge in [0.25, 0.3) is 5.91 Å². The van der Waals surface area contributed by atoms with Crippen LogP contribution in [0.15, 0.2) is 27.1 Å². The van der Waals surface area contributed by atoms with Crippen LogP contribution in [0.5, 0.6) is 5.75 Å². The number of rotatable bonds is 4. The number of carbonyl (C=O) groups excluding carboxylic acids is 1. The van der Waals surface area contributed by atoms with Gasteiger partial charge in [-0.1, -0.05) is 29.8 Å². The van der Waals surface area contributed by atoms with Crippen molar-refractivity contribution >= 4 is 27.9 Å². The standard InChI is InChI=1S/C14H15BrN2O3/c1-3-10-12(4-2)20-14(16-10)17-13(19)9-7-8(15)5-6-11(9)18/h5-7,18H,3-4H2,1-2H3,(H,16,17,19). The zero-order valence-electron chi connectivity index (χ0n) is 11.2. The Kier molecular flexibility index (Phi) is 4.44. The highest BCUT2D eigenvalue weighted by molar-refractivity contribution is 9.10. The second kappa shape index (κ2) is 6.09. The minimum Gasteiger partial charge on any atom is -0.507 e. The average Bonchev–Trinajstić information content (AvgIpc) is 2.83. The summed E-state index contributed by atoms with van der Waals surface area (Å²) in [6.07, 6.45) is 1.46. The van der Waals surface area contributed by atoms with E-state index < -0.39 is 5.91 Å². The first-order valence-electron chi connectivity index (χ1n) is 6.33. The van der Waals surface area contributed by atoms with Gasteiger partial charge in [-0.25, -0.2) is 0 Å². The molecule has 0 fully saturated rings. The largest absolute Gasteiger partial charge is 0.507 e. The van der Waals surface area contributed by atoms with E-state index >= 15 is 0 Å². The molecule has 2 aromatic rings. The van der Waals surface area contributed by atoms with Crippen LogP contribution in [0, 0.1) is 0 Å². The van der Waals surface area contributed by atoms with Gasteiger partial charge in [0.2, 0.25) is 0 Å². The number of nitrogens with one attached hydrogen (secondary N) is 1. The highest BCUT2D eigenvalue weighted by atomic mass is 79.9. The Labute approximate surface area is 125 Å². The van der Waals surface area contributed by atoms with Crippen LogP contribution in [0.25, 0.3) is 0 Å². The number of hydrogen-bond donors (Lipinski definition) is 2. The highest BCUT2D eigenvalue weighted by Crippen LogP contribution is 2.23. The van der Waals surface area contributed by atoms with E-state index in [0.29, 0.717) is 10.9 Å². The first kappa shape index (κ1) is 14.6. The zero-order valence-corrected chi connectivity index (χ0v) is 12.8. The van der Waals surface area contributed by atoms with Crippen molar-refractivity contribution < 1.29 is 14.3 Å². The summed E-state index contributed by atoms with van der Waals surface area (Å²) in [5.74, 6) is 0.209. The Balaban J connectivity index is 2.23. The molecule has 0 spiro atoms. The number of aryl methyl sites for hydroxylation is 2. The van der Waals surface area contributed by atoms with Crippen molar-refractivity contribution in [1.29, 1.82) is 0 Å². The molecule has 2 N–H and O–H groups in total. The Bertz CT molecular complexity index is 616. The van der Waals surface area contributed by atoms with Crippen LogP contribution in [0.3, 0.4) is 0 Å². The van der Waals surface area contributed by atoms with Gasteiger partial charge in [-0.15, -0.1) is 0 Å². The molecule has 2 rings (SSSR count). The molecule has 0 aliphatic carbocycles. The number of halogens is 1. The van der Waals surface area contributed by atoms with Crippen LogP contribution in [-0.2, 0) is 12.8 Å². The summed E-state index contributed by atoms with van der Waals surface area (Å²) in [7, 11) is 0. The third-order valence-corrected chi connectivity index (χ3v) is 3.35. The monoisotopic (exact) mass is 338 g/mol. The number of nitrogens with zero attached hydrogens (tertiary/aromatic N) is 1. The van der Waals surface area contributed by atoms with E-state index in [1.54, 1.807) is 6.07 Å². The van der Waals surface area contributed by atoms with Gasteiger partial charge in [-0.05, 0) is 24.6 Å². The predicted octanol–water partition coefficient (Wildman–Crippen LogP) is 3.52. The van der Waals surface area contributed by atoms with Crippen LogP contribution in [0.4, 0.5) is 6.01 Å². The van der Waals surface area contributed by atoms with Crippen molar-refractivity contribution in [3.8, 4) is 5.75 Å². The van der Waals surface area contributed by atoms with Crippen molar-refractivity contribution in [2.45, 2.75) is 26.7 Å². The Morgan fingerprint density at radius 2 is 2.15 bits per heavy atom. The number of hydrogen-bond acceptors (Lipinski definition) is 4. The summed E-state index contributed by atoms with van der Waals surface area (Å²) in [6, 6.07) is 4.79. The molecule has 1 aromatic carbocycles. The number of amides is 1. The molecule has 0 aliphatic heterocycles. The summed E-state index contributed by atoms with van der Waals surface area (Å²) in [5.41, 5.74) is 0.995. The maximum absolute atomic E-state index is 12.1. The van der Waals surface area contributed by atoms with E-state index in [9.17, 15) is 9.90 Å². The molecule has 0 bridgehead atoms. The summed E-state index contributed by atoms with van der Waals surface area (Å²) >= 11 is 3.26. The van der Waals surface area contributed by atoms with Gasteiger partial charge >= 0.3 is 6.01 Å². The fraction of sp³-hybridized carbons (Fsp3) is 0.286. The van der Waals surface area contributed by atoms with Gasteiger partial charge in [0.15, 0.2) is 0 Å². The first-order valence-corrected chi connectivity index (χ1v) is 7.12. The minimum absolute atomic E-state index is 0.0938. The van der Waals surface area contributed by atoms with E-state index in [4.69, 9.17) is 4.42 Å². The number of anilines is 1. The summed E-state index contributed by atoms with van der Waals surface area (Å²) in [5, 5.41) is 12.3. The Morgan fingerprint density at radius 3 is 2.75 bits per heavy atom. The van der Waals surface area contributed by atoms with Gasteiger partial charge in [0, 0.05) is 10.9 Å². The third kappa shape index (κ3) is 3.01. The molecule has 1 aromatic heterocycles. The van der Waals surface area contributed by atoms with E-state index in [0.717, 1.165) is 17.9 Å². The second-order valence-electron chi connectivity index (χ2n) is 4.21. The number of aromatic hydroxyl groups is 1. The van der Waals surface area contributed by atoms with Gasteiger partial charge in [0.05, 0.1) is 11.3 Å². The summed E-state index contributed by atoms with van der Waals surface area (Å²) in [4.78, 5) is 16.3. The molecule has 0 atom stereocenters. The summed E-state index contributed by atoms with van der Waals surface area (Å²) < 4.78 is 6.19. The van der Waals surface area contributed by atoms with Crippen molar-refractivity contribution in [2.24, 2.45) is 0 Å². The van der Waals surface area contributed by atoms with E-state index in [2.05, 4.69) is 26.2 Å². The van der Waals surface area contributed by atoms with Crippen molar-refractivity contribution in [3.63, 3.8) is 0 Å². The lowest BCUT2D eigenvalue weighted by Gasteiger charge is -2.04. The fourth-order valence-corrected chi connectivity index (χ4v) is 2.20. The molecule has 0 aliphatic rings.